The maximum absolute atomic E-state index is 10.9. The first-order chi connectivity index (χ1) is 11.6. The fraction of sp³-hybridized carbons (Fsp3) is 0.158. The van der Waals surface area contributed by atoms with Crippen molar-refractivity contribution >= 4 is 17.6 Å². The Bertz CT molecular complexity index is 801. The van der Waals surface area contributed by atoms with Gasteiger partial charge in [0.2, 0.25) is 0 Å². The molecule has 2 rings (SSSR count). The summed E-state index contributed by atoms with van der Waals surface area (Å²) in [5, 5.41) is 18.3. The number of allylic oxidation sites excluding steroid dienone is 1. The minimum Gasteiger partial charge on any atom is -0.493 e. The second-order valence-corrected chi connectivity index (χ2v) is 4.90. The highest BCUT2D eigenvalue weighted by atomic mass is 16.5. The fourth-order valence-electron chi connectivity index (χ4n) is 2.19. The van der Waals surface area contributed by atoms with Crippen LogP contribution in [0.15, 0.2) is 42.5 Å². The predicted molar refractivity (Wildman–Crippen MR) is 91.0 cm³/mol. The molecule has 5 nitrogen and oxygen atoms in total. The van der Waals surface area contributed by atoms with E-state index in [1.54, 1.807) is 37.5 Å². The van der Waals surface area contributed by atoms with E-state index in [0.717, 1.165) is 5.56 Å². The third-order valence-corrected chi connectivity index (χ3v) is 3.36. The van der Waals surface area contributed by atoms with Gasteiger partial charge in [-0.25, -0.2) is 4.79 Å². The minimum absolute atomic E-state index is 0.179. The van der Waals surface area contributed by atoms with Crippen LogP contribution in [0, 0.1) is 11.3 Å². The summed E-state index contributed by atoms with van der Waals surface area (Å²) >= 11 is 0. The maximum Gasteiger partial charge on any atom is 0.335 e. The average molecular weight is 323 g/mol. The molecule has 0 aliphatic heterocycles. The normalized spacial score (nSPS) is 10.8. The van der Waals surface area contributed by atoms with Gasteiger partial charge in [-0.3, -0.25) is 0 Å². The van der Waals surface area contributed by atoms with Gasteiger partial charge in [-0.15, -0.1) is 0 Å². The fourth-order valence-corrected chi connectivity index (χ4v) is 2.19. The van der Waals surface area contributed by atoms with Crippen LogP contribution in [0.3, 0.4) is 0 Å². The van der Waals surface area contributed by atoms with Crippen LogP contribution in [0.2, 0.25) is 0 Å². The number of hydrogen-bond acceptors (Lipinski definition) is 4. The standard InChI is InChI=1S/C19H17NO4/c1-3-24-17-9-4-13(11-18(17)23-2)10-16(12-20)14-5-7-15(8-6-14)19(21)22/h4-11H,3H2,1-2H3,(H,21,22)/b16-10-. The van der Waals surface area contributed by atoms with Crippen LogP contribution in [0.25, 0.3) is 11.6 Å². The van der Waals surface area contributed by atoms with Crippen LogP contribution in [0.4, 0.5) is 0 Å². The van der Waals surface area contributed by atoms with Crippen molar-refractivity contribution in [1.82, 2.24) is 0 Å². The van der Waals surface area contributed by atoms with Gasteiger partial charge in [0.25, 0.3) is 0 Å². The topological polar surface area (TPSA) is 79.5 Å². The summed E-state index contributed by atoms with van der Waals surface area (Å²) in [5.74, 6) is 0.228. The summed E-state index contributed by atoms with van der Waals surface area (Å²) in [6.45, 7) is 2.42. The van der Waals surface area contributed by atoms with Gasteiger partial charge in [-0.2, -0.15) is 5.26 Å². The Morgan fingerprint density at radius 3 is 2.38 bits per heavy atom. The molecule has 0 aromatic heterocycles. The molecule has 0 amide bonds. The zero-order valence-corrected chi connectivity index (χ0v) is 13.4. The molecule has 0 atom stereocenters. The summed E-state index contributed by atoms with van der Waals surface area (Å²) in [5.41, 5.74) is 2.04. The molecular weight excluding hydrogens is 306 g/mol. The van der Waals surface area contributed by atoms with Gasteiger partial charge in [0.05, 0.1) is 30.9 Å². The molecule has 122 valence electrons. The molecule has 24 heavy (non-hydrogen) atoms. The predicted octanol–water partition coefficient (Wildman–Crippen LogP) is 3.86. The number of carboxylic acid groups (broad SMARTS) is 1. The van der Waals surface area contributed by atoms with Crippen molar-refractivity contribution in [3.8, 4) is 17.6 Å². The minimum atomic E-state index is -1.000. The lowest BCUT2D eigenvalue weighted by Gasteiger charge is -2.10. The van der Waals surface area contributed by atoms with E-state index in [0.29, 0.717) is 29.2 Å². The van der Waals surface area contributed by atoms with Crippen molar-refractivity contribution in [3.05, 3.63) is 59.2 Å². The Morgan fingerprint density at radius 2 is 1.83 bits per heavy atom. The zero-order valence-electron chi connectivity index (χ0n) is 13.4. The molecule has 0 spiro atoms. The lowest BCUT2D eigenvalue weighted by Crippen LogP contribution is -1.96. The van der Waals surface area contributed by atoms with Gasteiger partial charge in [-0.05, 0) is 48.4 Å². The summed E-state index contributed by atoms with van der Waals surface area (Å²) in [6, 6.07) is 13.7. The Balaban J connectivity index is 2.36. The van der Waals surface area contributed by atoms with Crippen molar-refractivity contribution in [2.75, 3.05) is 13.7 Å². The molecule has 0 aliphatic carbocycles. The number of nitriles is 1. The first-order valence-electron chi connectivity index (χ1n) is 7.35. The van der Waals surface area contributed by atoms with E-state index in [1.807, 2.05) is 13.0 Å². The largest absolute Gasteiger partial charge is 0.493 e. The SMILES string of the molecule is CCOc1ccc(/C=C(/C#N)c2ccc(C(=O)O)cc2)cc1OC. The van der Waals surface area contributed by atoms with Gasteiger partial charge in [0, 0.05) is 0 Å². The molecule has 1 N–H and O–H groups in total. The lowest BCUT2D eigenvalue weighted by atomic mass is 10.0. The van der Waals surface area contributed by atoms with Gasteiger partial charge in [-0.1, -0.05) is 18.2 Å². The highest BCUT2D eigenvalue weighted by molar-refractivity contribution is 5.92. The van der Waals surface area contributed by atoms with Crippen LogP contribution >= 0.6 is 0 Å². The van der Waals surface area contributed by atoms with Crippen molar-refractivity contribution in [1.29, 1.82) is 5.26 Å². The highest BCUT2D eigenvalue weighted by Crippen LogP contribution is 2.29. The molecule has 2 aromatic rings. The Morgan fingerprint density at radius 1 is 1.17 bits per heavy atom. The molecule has 0 fully saturated rings. The molecule has 0 saturated carbocycles. The third-order valence-electron chi connectivity index (χ3n) is 3.36. The number of carboxylic acids is 1. The van der Waals surface area contributed by atoms with Gasteiger partial charge in [0.1, 0.15) is 0 Å². The van der Waals surface area contributed by atoms with Crippen molar-refractivity contribution in [2.45, 2.75) is 6.92 Å². The molecule has 0 unspecified atom stereocenters. The second-order valence-electron chi connectivity index (χ2n) is 4.90. The van der Waals surface area contributed by atoms with Crippen molar-refractivity contribution < 1.29 is 19.4 Å². The molecule has 0 aliphatic rings. The smallest absolute Gasteiger partial charge is 0.335 e. The molecule has 0 heterocycles. The first-order valence-corrected chi connectivity index (χ1v) is 7.35. The van der Waals surface area contributed by atoms with E-state index in [-0.39, 0.29) is 5.56 Å². The monoisotopic (exact) mass is 323 g/mol. The number of aromatic carboxylic acids is 1. The summed E-state index contributed by atoms with van der Waals surface area (Å²) in [4.78, 5) is 10.9. The van der Waals surface area contributed by atoms with Gasteiger partial charge in [0.15, 0.2) is 11.5 Å². The molecule has 0 radical (unpaired) electrons. The van der Waals surface area contributed by atoms with E-state index in [9.17, 15) is 10.1 Å². The summed E-state index contributed by atoms with van der Waals surface area (Å²) in [6.07, 6.45) is 1.72. The maximum atomic E-state index is 10.9. The van der Waals surface area contributed by atoms with E-state index in [1.165, 1.54) is 12.1 Å². The van der Waals surface area contributed by atoms with Gasteiger partial charge >= 0.3 is 5.97 Å². The molecule has 5 heteroatoms. The van der Waals surface area contributed by atoms with Crippen LogP contribution in [0.1, 0.15) is 28.4 Å². The number of carbonyl (C=O) groups is 1. The van der Waals surface area contributed by atoms with Crippen LogP contribution < -0.4 is 9.47 Å². The Kier molecular flexibility index (Phi) is 5.58. The number of benzene rings is 2. The highest BCUT2D eigenvalue weighted by Gasteiger charge is 2.07. The quantitative estimate of drug-likeness (QED) is 0.645. The Labute approximate surface area is 140 Å². The number of hydrogen-bond donors (Lipinski definition) is 1. The summed E-state index contributed by atoms with van der Waals surface area (Å²) in [7, 11) is 1.56. The van der Waals surface area contributed by atoms with Crippen LogP contribution in [0.5, 0.6) is 11.5 Å². The average Bonchev–Trinajstić information content (AvgIpc) is 2.61. The molecular formula is C19H17NO4. The third kappa shape index (κ3) is 3.93. The summed E-state index contributed by atoms with van der Waals surface area (Å²) < 4.78 is 10.8. The zero-order chi connectivity index (χ0) is 17.5. The number of nitrogens with zero attached hydrogens (tertiary/aromatic N) is 1. The number of ether oxygens (including phenoxy) is 2. The van der Waals surface area contributed by atoms with Crippen molar-refractivity contribution in [2.24, 2.45) is 0 Å². The van der Waals surface area contributed by atoms with E-state index >= 15 is 0 Å². The molecule has 0 saturated heterocycles. The van der Waals surface area contributed by atoms with E-state index in [4.69, 9.17) is 14.6 Å². The van der Waals surface area contributed by atoms with Crippen LogP contribution in [-0.4, -0.2) is 24.8 Å². The van der Waals surface area contributed by atoms with Gasteiger partial charge < -0.3 is 14.6 Å². The second kappa shape index (κ2) is 7.84. The number of methoxy groups -OCH3 is 1. The Hall–Kier alpha value is -3.26. The molecule has 2 aromatic carbocycles. The van der Waals surface area contributed by atoms with E-state index in [2.05, 4.69) is 6.07 Å². The lowest BCUT2D eigenvalue weighted by molar-refractivity contribution is 0.0697. The molecule has 0 bridgehead atoms. The number of rotatable bonds is 6. The first kappa shape index (κ1) is 17.1. The van der Waals surface area contributed by atoms with E-state index < -0.39 is 5.97 Å². The van der Waals surface area contributed by atoms with Crippen LogP contribution in [-0.2, 0) is 0 Å². The van der Waals surface area contributed by atoms with Crippen molar-refractivity contribution in [3.63, 3.8) is 0 Å².